The molecule has 0 bridgehead atoms. The van der Waals surface area contributed by atoms with Crippen LogP contribution in [0.15, 0.2) is 30.6 Å². The Morgan fingerprint density at radius 2 is 1.74 bits per heavy atom. The molecule has 0 unspecified atom stereocenters. The summed E-state index contributed by atoms with van der Waals surface area (Å²) < 4.78 is 40.3. The maximum absolute atomic E-state index is 13.6. The van der Waals surface area contributed by atoms with Crippen LogP contribution in [-0.4, -0.2) is 52.6 Å². The summed E-state index contributed by atoms with van der Waals surface area (Å²) >= 11 is 5.89. The fraction of sp³-hybridized carbons (Fsp3) is 0.500. The largest absolute Gasteiger partial charge is 0.494 e. The molecule has 5 rings (SSSR count). The Morgan fingerprint density at radius 1 is 1.11 bits per heavy atom. The van der Waals surface area contributed by atoms with Gasteiger partial charge in [-0.05, 0) is 43.7 Å². The molecular weight excluding hydrogens is 490 g/mol. The summed E-state index contributed by atoms with van der Waals surface area (Å²) in [5.74, 6) is 2.16. The molecule has 2 aliphatic rings. The molecule has 2 aromatic heterocycles. The van der Waals surface area contributed by atoms with E-state index in [0.29, 0.717) is 39.3 Å². The van der Waals surface area contributed by atoms with Crippen molar-refractivity contribution in [1.82, 2.24) is 24.7 Å². The lowest BCUT2D eigenvalue weighted by molar-refractivity contribution is 0.390. The van der Waals surface area contributed by atoms with E-state index >= 15 is 0 Å². The Bertz CT molecular complexity index is 1330. The normalized spacial score (nSPS) is 19.9. The summed E-state index contributed by atoms with van der Waals surface area (Å²) in [6.07, 6.45) is 6.31. The van der Waals surface area contributed by atoms with Crippen molar-refractivity contribution in [1.29, 1.82) is 0 Å². The highest BCUT2D eigenvalue weighted by Crippen LogP contribution is 2.74. The van der Waals surface area contributed by atoms with Gasteiger partial charge in [0.25, 0.3) is 0 Å². The molecule has 0 saturated heterocycles. The van der Waals surface area contributed by atoms with E-state index in [9.17, 15) is 8.42 Å². The fourth-order valence-corrected chi connectivity index (χ4v) is 6.41. The van der Waals surface area contributed by atoms with E-state index in [1.54, 1.807) is 28.1 Å². The molecule has 2 fully saturated rings. The van der Waals surface area contributed by atoms with Crippen LogP contribution in [0.4, 0.5) is 0 Å². The van der Waals surface area contributed by atoms with Gasteiger partial charge in [-0.3, -0.25) is 4.57 Å². The van der Waals surface area contributed by atoms with Crippen LogP contribution >= 0.6 is 11.6 Å². The number of benzene rings is 1. The maximum Gasteiger partial charge on any atom is 0.160 e. The second-order valence-corrected chi connectivity index (χ2v) is 12.3. The fourth-order valence-electron chi connectivity index (χ4n) is 4.76. The number of hydrogen-bond acceptors (Lipinski definition) is 8. The van der Waals surface area contributed by atoms with Crippen molar-refractivity contribution in [2.45, 2.75) is 55.9 Å². The van der Waals surface area contributed by atoms with Gasteiger partial charge in [-0.15, -0.1) is 10.2 Å². The van der Waals surface area contributed by atoms with Crippen LogP contribution in [0.3, 0.4) is 0 Å². The number of nitrogens with zero attached hydrogens (tertiary/aromatic N) is 5. The van der Waals surface area contributed by atoms with Crippen molar-refractivity contribution < 1.29 is 17.9 Å². The number of halogens is 1. The van der Waals surface area contributed by atoms with E-state index in [1.165, 1.54) is 12.4 Å². The molecule has 11 heteroatoms. The van der Waals surface area contributed by atoms with Crippen molar-refractivity contribution in [3.8, 4) is 17.2 Å². The molecule has 1 spiro atoms. The van der Waals surface area contributed by atoms with Crippen molar-refractivity contribution in [2.75, 3.05) is 14.2 Å². The van der Waals surface area contributed by atoms with Gasteiger partial charge in [-0.2, -0.15) is 0 Å². The molecular formula is C24H28ClN5O4S. The molecule has 2 saturated carbocycles. The van der Waals surface area contributed by atoms with Crippen molar-refractivity contribution >= 4 is 21.4 Å². The summed E-state index contributed by atoms with van der Waals surface area (Å²) in [5, 5.41) is 8.52. The molecule has 2 aliphatic carbocycles. The SMILES string of the molecule is COc1cccc(OC)c1-n1c(CS(=O)(=O)[C@@H](C)[C@H](C)c2ncc(Cl)cn2)nnc1[C@H]1CC12CC2. The maximum atomic E-state index is 13.6. The van der Waals surface area contributed by atoms with Gasteiger partial charge in [-0.25, -0.2) is 18.4 Å². The van der Waals surface area contributed by atoms with E-state index in [1.807, 2.05) is 22.8 Å². The van der Waals surface area contributed by atoms with Gasteiger partial charge in [-0.1, -0.05) is 24.6 Å². The predicted octanol–water partition coefficient (Wildman–Crippen LogP) is 4.10. The second kappa shape index (κ2) is 8.74. The van der Waals surface area contributed by atoms with Crippen LogP contribution in [-0.2, 0) is 15.6 Å². The number of aromatic nitrogens is 5. The average Bonchev–Trinajstić information content (AvgIpc) is 3.75. The van der Waals surface area contributed by atoms with E-state index in [-0.39, 0.29) is 11.7 Å². The molecule has 9 nitrogen and oxygen atoms in total. The highest BCUT2D eigenvalue weighted by molar-refractivity contribution is 7.91. The van der Waals surface area contributed by atoms with Gasteiger partial charge in [0, 0.05) is 24.2 Å². The standard InChI is InChI=1S/C24H28ClN5O4S/c1-14(22-26-11-16(25)12-27-22)15(2)35(31,32)13-20-28-29-23(17-10-24(17)8-9-24)30(20)21-18(33-3)6-5-7-19(21)34-4/h5-7,11-12,14-15,17H,8-10,13H2,1-4H3/t14-,15-,17+/m0/s1. The Kier molecular flexibility index (Phi) is 5.99. The first-order valence-corrected chi connectivity index (χ1v) is 13.6. The minimum absolute atomic E-state index is 0.250. The number of sulfone groups is 1. The summed E-state index contributed by atoms with van der Waals surface area (Å²) in [6.45, 7) is 3.47. The molecule has 0 aliphatic heterocycles. The van der Waals surface area contributed by atoms with Crippen LogP contribution in [0, 0.1) is 5.41 Å². The zero-order valence-corrected chi connectivity index (χ0v) is 21.7. The molecule has 0 amide bonds. The Hall–Kier alpha value is -2.72. The molecule has 35 heavy (non-hydrogen) atoms. The zero-order valence-electron chi connectivity index (χ0n) is 20.1. The Balaban J connectivity index is 1.54. The topological polar surface area (TPSA) is 109 Å². The monoisotopic (exact) mass is 517 g/mol. The van der Waals surface area contributed by atoms with Crippen molar-refractivity contribution in [2.24, 2.45) is 5.41 Å². The smallest absolute Gasteiger partial charge is 0.160 e. The number of hydrogen-bond donors (Lipinski definition) is 0. The van der Waals surface area contributed by atoms with Crippen LogP contribution < -0.4 is 9.47 Å². The quantitative estimate of drug-likeness (QED) is 0.417. The van der Waals surface area contributed by atoms with E-state index in [0.717, 1.165) is 25.1 Å². The molecule has 2 heterocycles. The first kappa shape index (κ1) is 24.0. The summed E-state index contributed by atoms with van der Waals surface area (Å²) in [7, 11) is -0.509. The van der Waals surface area contributed by atoms with Gasteiger partial charge in [0.15, 0.2) is 15.7 Å². The van der Waals surface area contributed by atoms with E-state index in [2.05, 4.69) is 20.2 Å². The number of ether oxygens (including phenoxy) is 2. The molecule has 0 radical (unpaired) electrons. The summed E-state index contributed by atoms with van der Waals surface area (Å²) in [5.41, 5.74) is 0.913. The van der Waals surface area contributed by atoms with Gasteiger partial charge < -0.3 is 9.47 Å². The third kappa shape index (κ3) is 4.27. The van der Waals surface area contributed by atoms with Crippen molar-refractivity contribution in [3.05, 3.63) is 53.1 Å². The van der Waals surface area contributed by atoms with Crippen LogP contribution in [0.25, 0.3) is 5.69 Å². The van der Waals surface area contributed by atoms with Crippen LogP contribution in [0.1, 0.15) is 62.4 Å². The van der Waals surface area contributed by atoms with E-state index < -0.39 is 21.0 Å². The second-order valence-electron chi connectivity index (χ2n) is 9.50. The van der Waals surface area contributed by atoms with Crippen molar-refractivity contribution in [3.63, 3.8) is 0 Å². The van der Waals surface area contributed by atoms with Gasteiger partial charge in [0.05, 0.1) is 24.5 Å². The summed E-state index contributed by atoms with van der Waals surface area (Å²) in [6, 6.07) is 5.47. The third-order valence-corrected chi connectivity index (χ3v) is 9.82. The average molecular weight is 518 g/mol. The van der Waals surface area contributed by atoms with Gasteiger partial charge in [0.1, 0.15) is 34.6 Å². The molecule has 3 aromatic rings. The van der Waals surface area contributed by atoms with Gasteiger partial charge in [0.2, 0.25) is 0 Å². The molecule has 186 valence electrons. The number of rotatable bonds is 9. The number of methoxy groups -OCH3 is 2. The highest BCUT2D eigenvalue weighted by atomic mass is 35.5. The highest BCUT2D eigenvalue weighted by Gasteiger charge is 2.65. The lowest BCUT2D eigenvalue weighted by Gasteiger charge is -2.20. The lowest BCUT2D eigenvalue weighted by atomic mass is 10.1. The molecule has 1 aromatic carbocycles. The molecule has 3 atom stereocenters. The lowest BCUT2D eigenvalue weighted by Crippen LogP contribution is -2.27. The number of para-hydroxylation sites is 1. The van der Waals surface area contributed by atoms with E-state index in [4.69, 9.17) is 21.1 Å². The first-order chi connectivity index (χ1) is 16.7. The van der Waals surface area contributed by atoms with Gasteiger partial charge >= 0.3 is 0 Å². The Labute approximate surface area is 209 Å². The summed E-state index contributed by atoms with van der Waals surface area (Å²) in [4.78, 5) is 8.43. The predicted molar refractivity (Wildman–Crippen MR) is 131 cm³/mol. The minimum Gasteiger partial charge on any atom is -0.494 e. The van der Waals surface area contributed by atoms with Crippen LogP contribution in [0.5, 0.6) is 11.5 Å². The minimum atomic E-state index is -3.66. The third-order valence-electron chi connectivity index (χ3n) is 7.42. The molecule has 0 N–H and O–H groups in total. The van der Waals surface area contributed by atoms with Crippen LogP contribution in [0.2, 0.25) is 5.02 Å². The Morgan fingerprint density at radius 3 is 2.29 bits per heavy atom. The first-order valence-electron chi connectivity index (χ1n) is 11.6. The zero-order chi connectivity index (χ0) is 25.0.